The topological polar surface area (TPSA) is 86.7 Å². The summed E-state index contributed by atoms with van der Waals surface area (Å²) in [6, 6.07) is 2.66. The van der Waals surface area contributed by atoms with Gasteiger partial charge in [0.2, 0.25) is 5.91 Å². The predicted octanol–water partition coefficient (Wildman–Crippen LogP) is 2.15. The fraction of sp³-hybridized carbons (Fsp3) is 0.471. The molecule has 1 saturated heterocycles. The van der Waals surface area contributed by atoms with E-state index in [0.717, 1.165) is 24.3 Å². The Morgan fingerprint density at radius 1 is 1.23 bits per heavy atom. The number of nitrogens with one attached hydrogen (secondary N) is 1. The first-order chi connectivity index (χ1) is 12.1. The van der Waals surface area contributed by atoms with Crippen LogP contribution in [0.2, 0.25) is 0 Å². The Hall–Kier alpha value is -2.58. The van der Waals surface area contributed by atoms with Crippen molar-refractivity contribution in [3.05, 3.63) is 35.4 Å². The molecule has 0 aliphatic carbocycles. The van der Waals surface area contributed by atoms with Crippen molar-refractivity contribution in [1.29, 1.82) is 0 Å². The second-order valence-electron chi connectivity index (χ2n) is 6.33. The third kappa shape index (κ3) is 4.74. The van der Waals surface area contributed by atoms with E-state index in [1.165, 1.54) is 4.90 Å². The lowest BCUT2D eigenvalue weighted by Crippen LogP contribution is -2.52. The van der Waals surface area contributed by atoms with E-state index < -0.39 is 42.1 Å². The molecule has 0 bridgehead atoms. The number of nitrogens with zero attached hydrogens (tertiary/aromatic N) is 1. The van der Waals surface area contributed by atoms with E-state index in [4.69, 9.17) is 0 Å². The van der Waals surface area contributed by atoms with Crippen LogP contribution in [0.5, 0.6) is 0 Å². The molecule has 26 heavy (non-hydrogen) atoms. The summed E-state index contributed by atoms with van der Waals surface area (Å²) in [5.74, 6) is -2.16. The van der Waals surface area contributed by atoms with E-state index in [2.05, 4.69) is 5.32 Å². The van der Waals surface area contributed by atoms with Gasteiger partial charge in [0, 0.05) is 12.1 Å². The molecule has 1 fully saturated rings. The largest absolute Gasteiger partial charge is 0.480 e. The minimum absolute atomic E-state index is 0.0205. The van der Waals surface area contributed by atoms with Crippen LogP contribution in [0.25, 0.3) is 0 Å². The number of halogens is 3. The summed E-state index contributed by atoms with van der Waals surface area (Å²) in [5.41, 5.74) is -0.898. The summed E-state index contributed by atoms with van der Waals surface area (Å²) < 4.78 is 37.5. The Bertz CT molecular complexity index is 688. The normalized spacial score (nSPS) is 20.5. The lowest BCUT2D eigenvalue weighted by atomic mass is 9.92. The molecule has 0 spiro atoms. The molecule has 2 amide bonds. The van der Waals surface area contributed by atoms with Crippen LogP contribution in [0.3, 0.4) is 0 Å². The van der Waals surface area contributed by atoms with Gasteiger partial charge in [0.25, 0.3) is 5.91 Å². The van der Waals surface area contributed by atoms with E-state index in [-0.39, 0.29) is 18.0 Å². The van der Waals surface area contributed by atoms with Crippen molar-refractivity contribution >= 4 is 17.8 Å². The van der Waals surface area contributed by atoms with Crippen molar-refractivity contribution in [2.24, 2.45) is 5.92 Å². The standard InChI is InChI=1S/C17H19F3N2O4/c1-10-6-7-22(13(8-10)16(25)26)14(23)9-21-15(24)11-2-4-12(5-3-11)17(18,19)20/h2-5,10,13H,6-9H2,1H3,(H,21,24)(H,25,26). The number of aliphatic carboxylic acids is 1. The molecule has 1 heterocycles. The third-order valence-electron chi connectivity index (χ3n) is 4.34. The maximum Gasteiger partial charge on any atom is 0.416 e. The highest BCUT2D eigenvalue weighted by atomic mass is 19.4. The Morgan fingerprint density at radius 2 is 1.85 bits per heavy atom. The highest BCUT2D eigenvalue weighted by molar-refractivity contribution is 5.97. The van der Waals surface area contributed by atoms with Crippen LogP contribution in [0.1, 0.15) is 35.7 Å². The number of hydrogen-bond donors (Lipinski definition) is 2. The van der Waals surface area contributed by atoms with E-state index in [1.54, 1.807) is 0 Å². The van der Waals surface area contributed by atoms with Crippen molar-refractivity contribution in [3.63, 3.8) is 0 Å². The van der Waals surface area contributed by atoms with Gasteiger partial charge in [-0.1, -0.05) is 6.92 Å². The number of hydrogen-bond acceptors (Lipinski definition) is 3. The quantitative estimate of drug-likeness (QED) is 0.848. The second kappa shape index (κ2) is 7.76. The first-order valence-corrected chi connectivity index (χ1v) is 8.07. The number of carboxylic acid groups (broad SMARTS) is 1. The van der Waals surface area contributed by atoms with Crippen LogP contribution in [0.4, 0.5) is 13.2 Å². The average Bonchev–Trinajstić information content (AvgIpc) is 2.58. The van der Waals surface area contributed by atoms with Gasteiger partial charge >= 0.3 is 12.1 Å². The van der Waals surface area contributed by atoms with Crippen molar-refractivity contribution in [2.75, 3.05) is 13.1 Å². The molecule has 2 N–H and O–H groups in total. The first-order valence-electron chi connectivity index (χ1n) is 8.07. The lowest BCUT2D eigenvalue weighted by Gasteiger charge is -2.36. The summed E-state index contributed by atoms with van der Waals surface area (Å²) in [6.45, 7) is 1.77. The van der Waals surface area contributed by atoms with Crippen molar-refractivity contribution in [1.82, 2.24) is 10.2 Å². The Kier molecular flexibility index (Phi) is 5.89. The SMILES string of the molecule is CC1CCN(C(=O)CNC(=O)c2ccc(C(F)(F)F)cc2)C(C(=O)O)C1. The summed E-state index contributed by atoms with van der Waals surface area (Å²) in [6.07, 6.45) is -3.49. The van der Waals surface area contributed by atoms with Crippen LogP contribution >= 0.6 is 0 Å². The smallest absolute Gasteiger partial charge is 0.416 e. The van der Waals surface area contributed by atoms with Crippen molar-refractivity contribution in [3.8, 4) is 0 Å². The van der Waals surface area contributed by atoms with Crippen LogP contribution in [-0.2, 0) is 15.8 Å². The van der Waals surface area contributed by atoms with Crippen LogP contribution in [0.15, 0.2) is 24.3 Å². The van der Waals surface area contributed by atoms with E-state index >= 15 is 0 Å². The molecule has 1 aromatic rings. The van der Waals surface area contributed by atoms with Crippen molar-refractivity contribution in [2.45, 2.75) is 32.0 Å². The maximum absolute atomic E-state index is 12.5. The van der Waals surface area contributed by atoms with Crippen LogP contribution in [-0.4, -0.2) is 46.9 Å². The summed E-state index contributed by atoms with van der Waals surface area (Å²) in [7, 11) is 0. The molecule has 0 aromatic heterocycles. The molecular weight excluding hydrogens is 353 g/mol. The molecule has 9 heteroatoms. The fourth-order valence-corrected chi connectivity index (χ4v) is 2.84. The van der Waals surface area contributed by atoms with Gasteiger partial charge in [0.1, 0.15) is 6.04 Å². The Morgan fingerprint density at radius 3 is 2.38 bits per heavy atom. The van der Waals surface area contributed by atoms with Gasteiger partial charge in [0.05, 0.1) is 12.1 Å². The zero-order valence-corrected chi connectivity index (χ0v) is 14.0. The molecule has 1 aromatic carbocycles. The first kappa shape index (κ1) is 19.7. The third-order valence-corrected chi connectivity index (χ3v) is 4.34. The highest BCUT2D eigenvalue weighted by Gasteiger charge is 2.34. The fourth-order valence-electron chi connectivity index (χ4n) is 2.84. The van der Waals surface area contributed by atoms with Crippen LogP contribution in [0, 0.1) is 5.92 Å². The zero-order valence-electron chi connectivity index (χ0n) is 14.0. The minimum Gasteiger partial charge on any atom is -0.480 e. The number of alkyl halides is 3. The average molecular weight is 372 g/mol. The van der Waals surface area contributed by atoms with Gasteiger partial charge in [-0.05, 0) is 43.0 Å². The van der Waals surface area contributed by atoms with Gasteiger partial charge in [-0.25, -0.2) is 4.79 Å². The number of piperidine rings is 1. The van der Waals surface area contributed by atoms with Gasteiger partial charge in [-0.15, -0.1) is 0 Å². The second-order valence-corrected chi connectivity index (χ2v) is 6.33. The summed E-state index contributed by atoms with van der Waals surface area (Å²) in [4.78, 5) is 36.8. The molecule has 2 rings (SSSR count). The molecule has 6 nitrogen and oxygen atoms in total. The number of carbonyl (C=O) groups excluding carboxylic acids is 2. The van der Waals surface area contributed by atoms with Crippen molar-refractivity contribution < 1.29 is 32.7 Å². The molecule has 2 unspecified atom stereocenters. The molecular formula is C17H19F3N2O4. The lowest BCUT2D eigenvalue weighted by molar-refractivity contribution is -0.152. The summed E-state index contributed by atoms with van der Waals surface area (Å²) >= 11 is 0. The molecule has 142 valence electrons. The van der Waals surface area contributed by atoms with E-state index in [0.29, 0.717) is 12.8 Å². The molecule has 2 atom stereocenters. The number of rotatable bonds is 4. The minimum atomic E-state index is -4.50. The van der Waals surface area contributed by atoms with Gasteiger partial charge in [-0.3, -0.25) is 9.59 Å². The number of likely N-dealkylation sites (tertiary alicyclic amines) is 1. The monoisotopic (exact) mass is 372 g/mol. The number of amides is 2. The molecule has 0 radical (unpaired) electrons. The number of carbonyl (C=O) groups is 3. The summed E-state index contributed by atoms with van der Waals surface area (Å²) in [5, 5.41) is 11.6. The van der Waals surface area contributed by atoms with Crippen LogP contribution < -0.4 is 5.32 Å². The van der Waals surface area contributed by atoms with E-state index in [1.807, 2.05) is 6.92 Å². The van der Waals surface area contributed by atoms with Gasteiger partial charge in [-0.2, -0.15) is 13.2 Å². The van der Waals surface area contributed by atoms with E-state index in [9.17, 15) is 32.7 Å². The Balaban J connectivity index is 1.96. The molecule has 1 aliphatic rings. The maximum atomic E-state index is 12.5. The Labute approximate surface area is 148 Å². The number of carboxylic acids is 1. The predicted molar refractivity (Wildman–Crippen MR) is 85.3 cm³/mol. The van der Waals surface area contributed by atoms with Gasteiger partial charge in [0.15, 0.2) is 0 Å². The van der Waals surface area contributed by atoms with Gasteiger partial charge < -0.3 is 15.3 Å². The zero-order chi connectivity index (χ0) is 19.5. The number of benzene rings is 1. The molecule has 0 saturated carbocycles. The molecule has 1 aliphatic heterocycles. The highest BCUT2D eigenvalue weighted by Crippen LogP contribution is 2.29.